The van der Waals surface area contributed by atoms with Crippen LogP contribution in [0, 0.1) is 0 Å². The molecule has 8 heteroatoms. The molecule has 0 bridgehead atoms. The number of aliphatic carboxylic acids is 2. The largest absolute Gasteiger partial charge is 0.481 e. The van der Waals surface area contributed by atoms with Gasteiger partial charge in [0, 0.05) is 16.1 Å². The fourth-order valence-corrected chi connectivity index (χ4v) is 1.76. The molecule has 0 aliphatic rings. The number of nitrogens with one attached hydrogen (secondary N) is 1. The predicted molar refractivity (Wildman–Crippen MR) is 77.3 cm³/mol. The molecule has 0 saturated heterocycles. The second-order valence-corrected chi connectivity index (χ2v) is 4.84. The van der Waals surface area contributed by atoms with Gasteiger partial charge in [0.2, 0.25) is 5.91 Å². The lowest BCUT2D eigenvalue weighted by Crippen LogP contribution is -2.41. The summed E-state index contributed by atoms with van der Waals surface area (Å²) in [7, 11) is 0. The molecule has 0 aromatic heterocycles. The van der Waals surface area contributed by atoms with Gasteiger partial charge in [0.05, 0.1) is 6.42 Å². The number of benzene rings is 1. The Morgan fingerprint density at radius 1 is 1.24 bits per heavy atom. The summed E-state index contributed by atoms with van der Waals surface area (Å²) in [6.07, 6.45) is 1.69. The number of rotatable bonds is 6. The molecular weight excluding hydrogens is 321 g/mol. The third-order valence-electron chi connectivity index (χ3n) is 2.37. The van der Waals surface area contributed by atoms with E-state index >= 15 is 0 Å². The molecule has 21 heavy (non-hydrogen) atoms. The lowest BCUT2D eigenvalue weighted by molar-refractivity contribution is -0.146. The Labute approximate surface area is 130 Å². The smallest absolute Gasteiger partial charge is 0.326 e. The summed E-state index contributed by atoms with van der Waals surface area (Å²) in [5.41, 5.74) is 0.476. The average molecular weight is 332 g/mol. The Balaban J connectivity index is 2.75. The highest BCUT2D eigenvalue weighted by atomic mass is 35.5. The van der Waals surface area contributed by atoms with Gasteiger partial charge in [-0.05, 0) is 29.8 Å². The van der Waals surface area contributed by atoms with Crippen molar-refractivity contribution in [3.05, 3.63) is 39.9 Å². The summed E-state index contributed by atoms with van der Waals surface area (Å²) in [5, 5.41) is 20.2. The van der Waals surface area contributed by atoms with Crippen molar-refractivity contribution in [1.29, 1.82) is 0 Å². The lowest BCUT2D eigenvalue weighted by atomic mass is 10.2. The second kappa shape index (κ2) is 7.66. The minimum Gasteiger partial charge on any atom is -0.481 e. The molecule has 6 nitrogen and oxygen atoms in total. The van der Waals surface area contributed by atoms with E-state index in [-0.39, 0.29) is 0 Å². The van der Waals surface area contributed by atoms with Crippen LogP contribution in [0.3, 0.4) is 0 Å². The van der Waals surface area contributed by atoms with Gasteiger partial charge in [0.15, 0.2) is 0 Å². The molecule has 0 aliphatic carbocycles. The first-order valence-corrected chi connectivity index (χ1v) is 6.43. The van der Waals surface area contributed by atoms with Crippen LogP contribution < -0.4 is 5.32 Å². The number of carboxylic acid groups (broad SMARTS) is 2. The van der Waals surface area contributed by atoms with Crippen LogP contribution in [-0.4, -0.2) is 34.1 Å². The average Bonchev–Trinajstić information content (AvgIpc) is 2.38. The number of amides is 1. The van der Waals surface area contributed by atoms with Gasteiger partial charge >= 0.3 is 11.9 Å². The third-order valence-corrected chi connectivity index (χ3v) is 2.94. The molecule has 0 aliphatic heterocycles. The maximum atomic E-state index is 11.6. The molecule has 1 amide bonds. The van der Waals surface area contributed by atoms with Crippen molar-refractivity contribution in [2.45, 2.75) is 12.5 Å². The van der Waals surface area contributed by atoms with Crippen molar-refractivity contribution >= 4 is 47.1 Å². The van der Waals surface area contributed by atoms with Crippen LogP contribution in [0.5, 0.6) is 0 Å². The Morgan fingerprint density at radius 3 is 2.48 bits per heavy atom. The Kier molecular flexibility index (Phi) is 6.20. The normalized spacial score (nSPS) is 12.1. The van der Waals surface area contributed by atoms with Crippen LogP contribution in [0.15, 0.2) is 24.3 Å². The second-order valence-electron chi connectivity index (χ2n) is 4.00. The third kappa shape index (κ3) is 5.85. The quantitative estimate of drug-likeness (QED) is 0.692. The summed E-state index contributed by atoms with van der Waals surface area (Å²) in [6, 6.07) is 3.15. The predicted octanol–water partition coefficient (Wildman–Crippen LogP) is 2.05. The van der Waals surface area contributed by atoms with Crippen molar-refractivity contribution in [3.63, 3.8) is 0 Å². The number of hydrogen-bond acceptors (Lipinski definition) is 3. The molecule has 0 spiro atoms. The van der Waals surface area contributed by atoms with Crippen molar-refractivity contribution in [2.75, 3.05) is 0 Å². The number of carbonyl (C=O) groups is 3. The number of halogens is 2. The highest BCUT2D eigenvalue weighted by molar-refractivity contribution is 6.34. The standard InChI is InChI=1S/C13H11Cl2NO5/c14-8-2-3-9(15)7(5-8)1-4-11(17)16-10(13(20)21)6-12(18)19/h1-5,10H,6H2,(H,16,17)(H,18,19)(H,20,21)/b4-1+/t10-/m1/s1. The number of carbonyl (C=O) groups excluding carboxylic acids is 1. The van der Waals surface area contributed by atoms with Gasteiger partial charge in [-0.2, -0.15) is 0 Å². The SMILES string of the molecule is O=C(O)C[C@@H](NC(=O)/C=C/c1cc(Cl)ccc1Cl)C(=O)O. The van der Waals surface area contributed by atoms with Gasteiger partial charge in [0.1, 0.15) is 6.04 Å². The van der Waals surface area contributed by atoms with Crippen molar-refractivity contribution < 1.29 is 24.6 Å². The first kappa shape index (κ1) is 17.0. The molecule has 1 atom stereocenters. The molecule has 0 saturated carbocycles. The first-order valence-electron chi connectivity index (χ1n) is 5.68. The summed E-state index contributed by atoms with van der Waals surface area (Å²) < 4.78 is 0. The highest BCUT2D eigenvalue weighted by Crippen LogP contribution is 2.21. The van der Waals surface area contributed by atoms with E-state index in [4.69, 9.17) is 33.4 Å². The zero-order chi connectivity index (χ0) is 16.0. The van der Waals surface area contributed by atoms with E-state index in [9.17, 15) is 14.4 Å². The number of hydrogen-bond donors (Lipinski definition) is 3. The van der Waals surface area contributed by atoms with Gasteiger partial charge in [-0.1, -0.05) is 23.2 Å². The summed E-state index contributed by atoms with van der Waals surface area (Å²) in [6.45, 7) is 0. The molecule has 3 N–H and O–H groups in total. The van der Waals surface area contributed by atoms with Gasteiger partial charge in [0.25, 0.3) is 0 Å². The summed E-state index contributed by atoms with van der Waals surface area (Å²) in [5.74, 6) is -3.51. The van der Waals surface area contributed by atoms with E-state index < -0.39 is 30.3 Å². The van der Waals surface area contributed by atoms with Crippen LogP contribution in [0.4, 0.5) is 0 Å². The molecule has 1 aromatic carbocycles. The molecular formula is C13H11Cl2NO5. The molecule has 112 valence electrons. The molecule has 0 heterocycles. The van der Waals surface area contributed by atoms with E-state index in [0.717, 1.165) is 6.08 Å². The Morgan fingerprint density at radius 2 is 1.90 bits per heavy atom. The van der Waals surface area contributed by atoms with E-state index in [0.29, 0.717) is 15.6 Å². The minimum absolute atomic E-state index is 0.365. The van der Waals surface area contributed by atoms with Gasteiger partial charge in [-0.25, -0.2) is 4.79 Å². The highest BCUT2D eigenvalue weighted by Gasteiger charge is 2.21. The topological polar surface area (TPSA) is 104 Å². The molecule has 1 rings (SSSR count). The first-order chi connectivity index (χ1) is 9.79. The Hall–Kier alpha value is -2.05. The zero-order valence-corrected chi connectivity index (χ0v) is 12.1. The monoisotopic (exact) mass is 331 g/mol. The van der Waals surface area contributed by atoms with Crippen LogP contribution in [0.2, 0.25) is 10.0 Å². The molecule has 0 radical (unpaired) electrons. The van der Waals surface area contributed by atoms with E-state index in [1.807, 2.05) is 0 Å². The van der Waals surface area contributed by atoms with Gasteiger partial charge in [-0.15, -0.1) is 0 Å². The van der Waals surface area contributed by atoms with Crippen LogP contribution in [-0.2, 0) is 14.4 Å². The molecule has 1 aromatic rings. The maximum absolute atomic E-state index is 11.6. The fraction of sp³-hybridized carbons (Fsp3) is 0.154. The fourth-order valence-electron chi connectivity index (χ4n) is 1.40. The lowest BCUT2D eigenvalue weighted by Gasteiger charge is -2.10. The Bertz CT molecular complexity index is 600. The maximum Gasteiger partial charge on any atom is 0.326 e. The number of carboxylic acids is 2. The zero-order valence-electron chi connectivity index (χ0n) is 10.5. The summed E-state index contributed by atoms with van der Waals surface area (Å²) in [4.78, 5) is 32.9. The van der Waals surface area contributed by atoms with E-state index in [1.54, 1.807) is 12.1 Å². The van der Waals surface area contributed by atoms with Crippen LogP contribution in [0.25, 0.3) is 6.08 Å². The van der Waals surface area contributed by atoms with Crippen LogP contribution in [0.1, 0.15) is 12.0 Å². The van der Waals surface area contributed by atoms with E-state index in [1.165, 1.54) is 12.1 Å². The molecule has 0 fully saturated rings. The summed E-state index contributed by atoms with van der Waals surface area (Å²) >= 11 is 11.7. The van der Waals surface area contributed by atoms with E-state index in [2.05, 4.69) is 5.32 Å². The molecule has 0 unspecified atom stereocenters. The van der Waals surface area contributed by atoms with Crippen LogP contribution >= 0.6 is 23.2 Å². The van der Waals surface area contributed by atoms with Gasteiger partial charge in [-0.3, -0.25) is 9.59 Å². The van der Waals surface area contributed by atoms with Crippen molar-refractivity contribution in [1.82, 2.24) is 5.32 Å². The van der Waals surface area contributed by atoms with Crippen molar-refractivity contribution in [2.24, 2.45) is 0 Å². The van der Waals surface area contributed by atoms with Crippen molar-refractivity contribution in [3.8, 4) is 0 Å². The van der Waals surface area contributed by atoms with Gasteiger partial charge < -0.3 is 15.5 Å². The minimum atomic E-state index is -1.51.